The fourth-order valence-corrected chi connectivity index (χ4v) is 1.26. The van der Waals surface area contributed by atoms with E-state index in [0.29, 0.717) is 0 Å². The minimum Gasteiger partial charge on any atom is -0.480 e. The summed E-state index contributed by atoms with van der Waals surface area (Å²) in [6, 6.07) is 1.09. The molecule has 2 heterocycles. The topological polar surface area (TPSA) is 76.7 Å². The highest BCUT2D eigenvalue weighted by molar-refractivity contribution is 5.89. The van der Waals surface area contributed by atoms with Gasteiger partial charge in [-0.05, 0) is 0 Å². The number of carbonyl (C=O) groups is 1. The van der Waals surface area contributed by atoms with Crippen LogP contribution in [-0.2, 0) is 0 Å². The van der Waals surface area contributed by atoms with Gasteiger partial charge < -0.3 is 9.84 Å². The molecule has 0 bridgehead atoms. The fourth-order valence-electron chi connectivity index (χ4n) is 1.26. The van der Waals surface area contributed by atoms with Gasteiger partial charge >= 0.3 is 5.97 Å². The van der Waals surface area contributed by atoms with Crippen LogP contribution in [0.1, 0.15) is 10.4 Å². The Bertz CT molecular complexity index is 537. The Morgan fingerprint density at radius 2 is 2.40 bits per heavy atom. The number of methoxy groups -OCH3 is 1. The summed E-state index contributed by atoms with van der Waals surface area (Å²) in [6.45, 7) is 0. The van der Waals surface area contributed by atoms with Gasteiger partial charge in [0.2, 0.25) is 5.88 Å². The lowest BCUT2D eigenvalue weighted by molar-refractivity contribution is 0.0690. The maximum absolute atomic E-state index is 13.5. The molecule has 2 aromatic heterocycles. The van der Waals surface area contributed by atoms with Crippen LogP contribution in [0.25, 0.3) is 5.65 Å². The SMILES string of the molecule is COc1c(F)c(C(=O)O)cc2nncn12. The summed E-state index contributed by atoms with van der Waals surface area (Å²) >= 11 is 0. The highest BCUT2D eigenvalue weighted by Crippen LogP contribution is 2.22. The Morgan fingerprint density at radius 3 is 3.00 bits per heavy atom. The molecule has 0 unspecified atom stereocenters. The highest BCUT2D eigenvalue weighted by atomic mass is 19.1. The van der Waals surface area contributed by atoms with E-state index in [9.17, 15) is 9.18 Å². The molecule has 78 valence electrons. The average Bonchev–Trinajstić information content (AvgIpc) is 2.64. The van der Waals surface area contributed by atoms with Crippen LogP contribution < -0.4 is 4.74 Å². The van der Waals surface area contributed by atoms with Crippen molar-refractivity contribution in [2.45, 2.75) is 0 Å². The number of carboxylic acids is 1. The number of rotatable bonds is 2. The molecule has 2 aromatic rings. The van der Waals surface area contributed by atoms with E-state index in [1.54, 1.807) is 0 Å². The van der Waals surface area contributed by atoms with E-state index in [4.69, 9.17) is 9.84 Å². The Hall–Kier alpha value is -2.18. The number of pyridine rings is 1. The van der Waals surface area contributed by atoms with Crippen molar-refractivity contribution in [3.8, 4) is 5.88 Å². The summed E-state index contributed by atoms with van der Waals surface area (Å²) in [7, 11) is 1.24. The molecule has 0 saturated carbocycles. The highest BCUT2D eigenvalue weighted by Gasteiger charge is 2.19. The third kappa shape index (κ3) is 1.28. The minimum atomic E-state index is -1.38. The normalized spacial score (nSPS) is 10.5. The van der Waals surface area contributed by atoms with Gasteiger partial charge in [0.05, 0.1) is 7.11 Å². The molecule has 0 radical (unpaired) electrons. The van der Waals surface area contributed by atoms with Gasteiger partial charge in [-0.3, -0.25) is 0 Å². The van der Waals surface area contributed by atoms with Crippen LogP contribution in [-0.4, -0.2) is 32.8 Å². The molecule has 0 aromatic carbocycles. The van der Waals surface area contributed by atoms with E-state index < -0.39 is 17.3 Å². The van der Waals surface area contributed by atoms with Gasteiger partial charge in [0.25, 0.3) is 0 Å². The molecular weight excluding hydrogens is 205 g/mol. The number of aromatic nitrogens is 3. The summed E-state index contributed by atoms with van der Waals surface area (Å²) in [5.41, 5.74) is -0.280. The number of halogens is 1. The Balaban J connectivity index is 2.85. The van der Waals surface area contributed by atoms with Crippen LogP contribution in [0.3, 0.4) is 0 Å². The molecule has 0 spiro atoms. The Labute approximate surface area is 82.9 Å². The second kappa shape index (κ2) is 3.19. The molecule has 0 aliphatic rings. The van der Waals surface area contributed by atoms with Crippen molar-refractivity contribution in [2.24, 2.45) is 0 Å². The number of hydrogen-bond donors (Lipinski definition) is 1. The number of ether oxygens (including phenoxy) is 1. The van der Waals surface area contributed by atoms with Gasteiger partial charge in [-0.1, -0.05) is 0 Å². The predicted octanol–water partition coefficient (Wildman–Crippen LogP) is 0.575. The maximum atomic E-state index is 13.5. The van der Waals surface area contributed by atoms with E-state index in [0.717, 1.165) is 6.07 Å². The lowest BCUT2D eigenvalue weighted by atomic mass is 10.2. The lowest BCUT2D eigenvalue weighted by Crippen LogP contribution is -2.06. The van der Waals surface area contributed by atoms with Crippen LogP contribution in [0, 0.1) is 5.82 Å². The molecule has 7 heteroatoms. The van der Waals surface area contributed by atoms with Gasteiger partial charge in [-0.25, -0.2) is 13.6 Å². The van der Waals surface area contributed by atoms with Crippen molar-refractivity contribution in [2.75, 3.05) is 7.11 Å². The first-order chi connectivity index (χ1) is 7.15. The second-order valence-corrected chi connectivity index (χ2v) is 2.75. The van der Waals surface area contributed by atoms with Crippen molar-refractivity contribution >= 4 is 11.6 Å². The number of hydrogen-bond acceptors (Lipinski definition) is 4. The number of aromatic carboxylic acids is 1. The maximum Gasteiger partial charge on any atom is 0.339 e. The van der Waals surface area contributed by atoms with Gasteiger partial charge in [0, 0.05) is 6.07 Å². The molecule has 0 aliphatic carbocycles. The largest absolute Gasteiger partial charge is 0.480 e. The lowest BCUT2D eigenvalue weighted by Gasteiger charge is -2.06. The molecule has 15 heavy (non-hydrogen) atoms. The second-order valence-electron chi connectivity index (χ2n) is 2.75. The van der Waals surface area contributed by atoms with E-state index in [1.807, 2.05) is 0 Å². The molecule has 0 fully saturated rings. The Morgan fingerprint density at radius 1 is 1.67 bits per heavy atom. The molecule has 1 N–H and O–H groups in total. The van der Waals surface area contributed by atoms with Crippen LogP contribution in [0.2, 0.25) is 0 Å². The van der Waals surface area contributed by atoms with Crippen LogP contribution >= 0.6 is 0 Å². The molecule has 6 nitrogen and oxygen atoms in total. The monoisotopic (exact) mass is 211 g/mol. The third-order valence-corrected chi connectivity index (χ3v) is 1.91. The van der Waals surface area contributed by atoms with Crippen molar-refractivity contribution in [1.82, 2.24) is 14.6 Å². The standard InChI is InChI=1S/C8H6FN3O3/c1-15-7-6(9)4(8(13)14)2-5-11-10-3-12(5)7/h2-3H,1H3,(H,13,14). The average molecular weight is 211 g/mol. The molecule has 0 saturated heterocycles. The molecular formula is C8H6FN3O3. The zero-order valence-corrected chi connectivity index (χ0v) is 7.64. The third-order valence-electron chi connectivity index (χ3n) is 1.91. The van der Waals surface area contributed by atoms with E-state index in [1.165, 1.54) is 17.8 Å². The first-order valence-corrected chi connectivity index (χ1v) is 3.94. The van der Waals surface area contributed by atoms with Gasteiger partial charge in [-0.15, -0.1) is 10.2 Å². The first kappa shape index (κ1) is 9.38. The number of fused-ring (bicyclic) bond motifs is 1. The van der Waals surface area contributed by atoms with E-state index in [-0.39, 0.29) is 11.5 Å². The minimum absolute atomic E-state index is 0.214. The molecule has 0 atom stereocenters. The summed E-state index contributed by atoms with van der Waals surface area (Å²) in [5, 5.41) is 15.9. The van der Waals surface area contributed by atoms with Crippen molar-refractivity contribution < 1.29 is 19.0 Å². The van der Waals surface area contributed by atoms with Gasteiger partial charge in [0.15, 0.2) is 11.5 Å². The number of nitrogens with zero attached hydrogens (tertiary/aromatic N) is 3. The van der Waals surface area contributed by atoms with E-state index in [2.05, 4.69) is 10.2 Å². The smallest absolute Gasteiger partial charge is 0.339 e. The van der Waals surface area contributed by atoms with Crippen LogP contribution in [0.5, 0.6) is 5.88 Å². The van der Waals surface area contributed by atoms with E-state index >= 15 is 0 Å². The predicted molar refractivity (Wildman–Crippen MR) is 46.5 cm³/mol. The molecule has 0 amide bonds. The quantitative estimate of drug-likeness (QED) is 0.785. The summed E-state index contributed by atoms with van der Waals surface area (Å²) < 4.78 is 19.5. The van der Waals surface area contributed by atoms with Crippen molar-refractivity contribution in [3.63, 3.8) is 0 Å². The van der Waals surface area contributed by atoms with Gasteiger partial charge in [0.1, 0.15) is 11.9 Å². The summed E-state index contributed by atoms with van der Waals surface area (Å²) in [6.07, 6.45) is 1.24. The Kier molecular flexibility index (Phi) is 2.00. The summed E-state index contributed by atoms with van der Waals surface area (Å²) in [4.78, 5) is 10.7. The van der Waals surface area contributed by atoms with Crippen LogP contribution in [0.4, 0.5) is 4.39 Å². The van der Waals surface area contributed by atoms with Crippen molar-refractivity contribution in [1.29, 1.82) is 0 Å². The summed E-state index contributed by atoms with van der Waals surface area (Å²) in [5.74, 6) is -2.55. The van der Waals surface area contributed by atoms with Gasteiger partial charge in [-0.2, -0.15) is 0 Å². The fraction of sp³-hybridized carbons (Fsp3) is 0.125. The molecule has 2 rings (SSSR count). The first-order valence-electron chi connectivity index (χ1n) is 3.94. The molecule has 0 aliphatic heterocycles. The zero-order chi connectivity index (χ0) is 11.0. The zero-order valence-electron chi connectivity index (χ0n) is 7.64. The number of carboxylic acid groups (broad SMARTS) is 1. The van der Waals surface area contributed by atoms with Crippen LogP contribution in [0.15, 0.2) is 12.4 Å². The van der Waals surface area contributed by atoms with Crippen molar-refractivity contribution in [3.05, 3.63) is 23.8 Å².